The monoisotopic (exact) mass is 365 g/mol. The van der Waals surface area contributed by atoms with E-state index in [0.29, 0.717) is 23.6 Å². The van der Waals surface area contributed by atoms with Crippen molar-refractivity contribution in [3.8, 4) is 11.4 Å². The average molecular weight is 365 g/mol. The summed E-state index contributed by atoms with van der Waals surface area (Å²) in [6.07, 6.45) is 3.74. The first-order valence-electron chi connectivity index (χ1n) is 8.77. The first-order valence-corrected chi connectivity index (χ1v) is 8.77. The first-order chi connectivity index (χ1) is 13.3. The van der Waals surface area contributed by atoms with E-state index in [2.05, 4.69) is 20.8 Å². The fourth-order valence-electron chi connectivity index (χ4n) is 2.87. The van der Waals surface area contributed by atoms with Crippen LogP contribution in [-0.2, 0) is 4.74 Å². The van der Waals surface area contributed by atoms with E-state index in [1.165, 1.54) is 6.33 Å². The maximum Gasteiger partial charge on any atom is 0.255 e. The Kier molecular flexibility index (Phi) is 5.06. The van der Waals surface area contributed by atoms with Gasteiger partial charge in [-0.3, -0.25) is 4.79 Å². The Hall–Kier alpha value is -3.26. The molecule has 27 heavy (non-hydrogen) atoms. The van der Waals surface area contributed by atoms with Gasteiger partial charge in [-0.15, -0.1) is 5.10 Å². The molecule has 1 amide bonds. The van der Waals surface area contributed by atoms with Gasteiger partial charge in [0.25, 0.3) is 5.91 Å². The molecule has 1 fully saturated rings. The number of benzene rings is 2. The molecule has 0 spiro atoms. The Morgan fingerprint density at radius 2 is 2.15 bits per heavy atom. The minimum atomic E-state index is -0.201. The highest BCUT2D eigenvalue weighted by atomic mass is 16.5. The number of carbonyl (C=O) groups excluding carboxylic acids is 1. The Balaban J connectivity index is 1.38. The summed E-state index contributed by atoms with van der Waals surface area (Å²) in [5.41, 5.74) is 2.02. The Bertz CT molecular complexity index is 890. The quantitative estimate of drug-likeness (QED) is 0.722. The second-order valence-corrected chi connectivity index (χ2v) is 6.23. The molecule has 138 valence electrons. The van der Waals surface area contributed by atoms with Crippen molar-refractivity contribution in [2.75, 3.05) is 18.5 Å². The van der Waals surface area contributed by atoms with Crippen molar-refractivity contribution >= 4 is 11.6 Å². The van der Waals surface area contributed by atoms with E-state index in [9.17, 15) is 4.79 Å². The van der Waals surface area contributed by atoms with Crippen LogP contribution in [0.5, 0.6) is 5.75 Å². The van der Waals surface area contributed by atoms with Gasteiger partial charge in [0.15, 0.2) is 0 Å². The van der Waals surface area contributed by atoms with Gasteiger partial charge < -0.3 is 14.8 Å². The lowest BCUT2D eigenvalue weighted by molar-refractivity contribution is 0.0679. The maximum atomic E-state index is 12.5. The summed E-state index contributed by atoms with van der Waals surface area (Å²) < 4.78 is 12.9. The Labute approximate surface area is 156 Å². The molecule has 0 radical (unpaired) electrons. The van der Waals surface area contributed by atoms with Gasteiger partial charge in [-0.25, -0.2) is 4.68 Å². The van der Waals surface area contributed by atoms with Crippen LogP contribution in [0.25, 0.3) is 5.69 Å². The van der Waals surface area contributed by atoms with Gasteiger partial charge in [-0.2, -0.15) is 0 Å². The summed E-state index contributed by atoms with van der Waals surface area (Å²) in [7, 11) is 0. The van der Waals surface area contributed by atoms with E-state index in [1.807, 2.05) is 18.2 Å². The Morgan fingerprint density at radius 1 is 1.26 bits per heavy atom. The summed E-state index contributed by atoms with van der Waals surface area (Å²) >= 11 is 0. The number of ether oxygens (including phenoxy) is 2. The lowest BCUT2D eigenvalue weighted by Crippen LogP contribution is -2.17. The van der Waals surface area contributed by atoms with Gasteiger partial charge in [0.2, 0.25) is 0 Å². The van der Waals surface area contributed by atoms with Crippen molar-refractivity contribution in [2.45, 2.75) is 18.9 Å². The van der Waals surface area contributed by atoms with Crippen LogP contribution >= 0.6 is 0 Å². The van der Waals surface area contributed by atoms with Crippen molar-refractivity contribution in [1.29, 1.82) is 0 Å². The number of tetrazole rings is 1. The number of nitrogens with zero attached hydrogens (tertiary/aromatic N) is 4. The van der Waals surface area contributed by atoms with E-state index in [1.54, 1.807) is 35.0 Å². The van der Waals surface area contributed by atoms with Crippen molar-refractivity contribution in [3.05, 3.63) is 60.4 Å². The molecule has 0 aliphatic carbocycles. The molecule has 2 aromatic carbocycles. The summed E-state index contributed by atoms with van der Waals surface area (Å²) in [6, 6.07) is 14.4. The molecule has 3 aromatic rings. The fourth-order valence-corrected chi connectivity index (χ4v) is 2.87. The zero-order chi connectivity index (χ0) is 18.5. The molecule has 8 heteroatoms. The fraction of sp³-hybridized carbons (Fsp3) is 0.263. The smallest absolute Gasteiger partial charge is 0.255 e. The highest BCUT2D eigenvalue weighted by Gasteiger charge is 2.16. The van der Waals surface area contributed by atoms with Gasteiger partial charge in [-0.1, -0.05) is 6.07 Å². The van der Waals surface area contributed by atoms with Gasteiger partial charge in [0.1, 0.15) is 18.7 Å². The van der Waals surface area contributed by atoms with Crippen LogP contribution in [0.1, 0.15) is 23.2 Å². The molecular weight excluding hydrogens is 346 g/mol. The molecule has 0 bridgehead atoms. The van der Waals surface area contributed by atoms with Crippen LogP contribution in [0, 0.1) is 0 Å². The topological polar surface area (TPSA) is 91.2 Å². The van der Waals surface area contributed by atoms with Gasteiger partial charge in [0.05, 0.1) is 11.8 Å². The first kappa shape index (κ1) is 17.2. The molecule has 1 aliphatic heterocycles. The zero-order valence-electron chi connectivity index (χ0n) is 14.6. The second kappa shape index (κ2) is 7.96. The molecule has 1 atom stereocenters. The third kappa shape index (κ3) is 4.29. The molecule has 1 aromatic heterocycles. The average Bonchev–Trinajstić information content (AvgIpc) is 3.41. The summed E-state index contributed by atoms with van der Waals surface area (Å²) in [5.74, 6) is 0.458. The number of nitrogens with one attached hydrogen (secondary N) is 1. The van der Waals surface area contributed by atoms with Gasteiger partial charge in [0, 0.05) is 17.9 Å². The predicted molar refractivity (Wildman–Crippen MR) is 98.0 cm³/mol. The van der Waals surface area contributed by atoms with Crippen LogP contribution in [0.15, 0.2) is 54.9 Å². The van der Waals surface area contributed by atoms with Crippen LogP contribution in [0.3, 0.4) is 0 Å². The van der Waals surface area contributed by atoms with E-state index in [-0.39, 0.29) is 12.0 Å². The largest absolute Gasteiger partial charge is 0.491 e. The van der Waals surface area contributed by atoms with E-state index < -0.39 is 0 Å². The standard InChI is InChI=1S/C19H19N5O3/c25-19(21-15-6-8-16(9-7-15)24-13-20-22-23-24)14-3-1-4-17(11-14)27-12-18-5-2-10-26-18/h1,3-4,6-9,11,13,18H,2,5,10,12H2,(H,21,25). The van der Waals surface area contributed by atoms with Crippen LogP contribution in [0.2, 0.25) is 0 Å². The van der Waals surface area contributed by atoms with Crippen molar-refractivity contribution in [3.63, 3.8) is 0 Å². The summed E-state index contributed by atoms with van der Waals surface area (Å²) in [6.45, 7) is 1.30. The summed E-state index contributed by atoms with van der Waals surface area (Å²) in [4.78, 5) is 12.5. The van der Waals surface area contributed by atoms with Crippen LogP contribution < -0.4 is 10.1 Å². The molecule has 2 heterocycles. The third-order valence-corrected chi connectivity index (χ3v) is 4.29. The number of anilines is 1. The van der Waals surface area contributed by atoms with Crippen LogP contribution in [0.4, 0.5) is 5.69 Å². The minimum Gasteiger partial charge on any atom is -0.491 e. The molecular formula is C19H19N5O3. The number of rotatable bonds is 6. The molecule has 0 saturated carbocycles. The number of hydrogen-bond donors (Lipinski definition) is 1. The maximum absolute atomic E-state index is 12.5. The Morgan fingerprint density at radius 3 is 2.89 bits per heavy atom. The van der Waals surface area contributed by atoms with Crippen molar-refractivity contribution in [2.24, 2.45) is 0 Å². The number of amides is 1. The third-order valence-electron chi connectivity index (χ3n) is 4.29. The molecule has 1 aliphatic rings. The van der Waals surface area contributed by atoms with Crippen molar-refractivity contribution < 1.29 is 14.3 Å². The number of hydrogen-bond acceptors (Lipinski definition) is 6. The lowest BCUT2D eigenvalue weighted by atomic mass is 10.2. The van der Waals surface area contributed by atoms with E-state index in [4.69, 9.17) is 9.47 Å². The van der Waals surface area contributed by atoms with Crippen molar-refractivity contribution in [1.82, 2.24) is 20.2 Å². The number of carbonyl (C=O) groups is 1. The number of aromatic nitrogens is 4. The summed E-state index contributed by atoms with van der Waals surface area (Å²) in [5, 5.41) is 13.9. The highest BCUT2D eigenvalue weighted by Crippen LogP contribution is 2.19. The lowest BCUT2D eigenvalue weighted by Gasteiger charge is -2.12. The van der Waals surface area contributed by atoms with Gasteiger partial charge in [-0.05, 0) is 65.7 Å². The molecule has 1 unspecified atom stereocenters. The molecule has 4 rings (SSSR count). The second-order valence-electron chi connectivity index (χ2n) is 6.23. The van der Waals surface area contributed by atoms with Gasteiger partial charge >= 0.3 is 0 Å². The molecule has 1 saturated heterocycles. The van der Waals surface area contributed by atoms with Crippen LogP contribution in [-0.4, -0.2) is 45.4 Å². The minimum absolute atomic E-state index is 0.140. The molecule has 8 nitrogen and oxygen atoms in total. The molecule has 1 N–H and O–H groups in total. The predicted octanol–water partition coefficient (Wildman–Crippen LogP) is 2.47. The van der Waals surface area contributed by atoms with E-state index in [0.717, 1.165) is 25.1 Å². The van der Waals surface area contributed by atoms with E-state index >= 15 is 0 Å². The zero-order valence-corrected chi connectivity index (χ0v) is 14.6. The SMILES string of the molecule is O=C(Nc1ccc(-n2cnnn2)cc1)c1cccc(OCC2CCCO2)c1. The normalized spacial score (nSPS) is 16.2. The highest BCUT2D eigenvalue weighted by molar-refractivity contribution is 6.04.